The van der Waals surface area contributed by atoms with Crippen LogP contribution in [0.4, 0.5) is 0 Å². The zero-order valence-electron chi connectivity index (χ0n) is 41.7. The maximum Gasteiger partial charge on any atom is 0.238 e. The molecule has 5 nitrogen and oxygen atoms in total. The monoisotopic (exact) mass is 655 g/mol. The van der Waals surface area contributed by atoms with Gasteiger partial charge in [-0.05, 0) is 47.4 Å². The van der Waals surface area contributed by atoms with E-state index in [1.807, 2.05) is 42.5 Å². The molecule has 3 heterocycles. The van der Waals surface area contributed by atoms with Crippen molar-refractivity contribution in [2.24, 2.45) is 0 Å². The van der Waals surface area contributed by atoms with Gasteiger partial charge < -0.3 is 4.57 Å². The molecule has 0 aliphatic heterocycles. The lowest BCUT2D eigenvalue weighted by molar-refractivity contribution is 0.952. The zero-order chi connectivity index (χ0) is 46.9. The van der Waals surface area contributed by atoms with E-state index < -0.39 is 96.7 Å². The number of nitrogens with zero attached hydrogens (tertiary/aromatic N) is 5. The Morgan fingerprint density at radius 1 is 0.380 bits per heavy atom. The van der Waals surface area contributed by atoms with Gasteiger partial charge in [-0.15, -0.1) is 0 Å². The molecule has 0 aliphatic rings. The largest absolute Gasteiger partial charge is 0.309 e. The van der Waals surface area contributed by atoms with Crippen molar-refractivity contribution in [3.63, 3.8) is 0 Å². The lowest BCUT2D eigenvalue weighted by Gasteiger charge is -2.16. The zero-order valence-corrected chi connectivity index (χ0v) is 25.7. The molecule has 0 bridgehead atoms. The Kier molecular flexibility index (Phi) is 3.76. The van der Waals surface area contributed by atoms with E-state index in [-0.39, 0.29) is 72.5 Å². The molecule has 0 aliphatic carbocycles. The summed E-state index contributed by atoms with van der Waals surface area (Å²) >= 11 is 0. The van der Waals surface area contributed by atoms with E-state index in [4.69, 9.17) is 34.1 Å². The second-order valence-electron chi connectivity index (χ2n) is 11.3. The number of rotatable bonds is 5. The van der Waals surface area contributed by atoms with E-state index in [1.54, 1.807) is 36.4 Å². The first-order chi connectivity index (χ1) is 31.5. The van der Waals surface area contributed by atoms with E-state index in [0.717, 1.165) is 10.1 Å². The maximum absolute atomic E-state index is 9.17. The Hall–Kier alpha value is -6.85. The van der Waals surface area contributed by atoms with E-state index in [9.17, 15) is 2.74 Å². The predicted octanol–water partition coefficient (Wildman–Crippen LogP) is 11.1. The third-order valence-electron chi connectivity index (χ3n) is 8.53. The number of hydrogen-bond acceptors (Lipinski definition) is 3. The van der Waals surface area contributed by atoms with Gasteiger partial charge in [-0.25, -0.2) is 4.98 Å². The Morgan fingerprint density at radius 2 is 0.800 bits per heavy atom. The molecular formula is C45H29N5. The molecule has 10 rings (SSSR count). The average molecular weight is 656 g/mol. The fraction of sp³-hybridized carbons (Fsp3) is 0. The minimum absolute atomic E-state index is 0.00647. The molecular weight excluding hydrogens is 611 g/mol. The van der Waals surface area contributed by atoms with Gasteiger partial charge in [0.15, 0.2) is 11.6 Å². The second-order valence-corrected chi connectivity index (χ2v) is 11.3. The Balaban J connectivity index is 1.40. The van der Waals surface area contributed by atoms with Gasteiger partial charge in [0, 0.05) is 32.7 Å². The van der Waals surface area contributed by atoms with Crippen molar-refractivity contribution in [2.75, 3.05) is 0 Å². The van der Waals surface area contributed by atoms with Crippen LogP contribution in [0, 0.1) is 0 Å². The fourth-order valence-electron chi connectivity index (χ4n) is 6.39. The molecule has 0 radical (unpaired) electrons. The van der Waals surface area contributed by atoms with E-state index in [1.165, 1.54) is 4.57 Å². The van der Waals surface area contributed by atoms with Gasteiger partial charge in [-0.3, -0.25) is 4.57 Å². The quantitative estimate of drug-likeness (QED) is 0.185. The third kappa shape index (κ3) is 4.37. The topological polar surface area (TPSA) is 48.5 Å². The first-order valence-electron chi connectivity index (χ1n) is 23.5. The van der Waals surface area contributed by atoms with Crippen LogP contribution in [-0.2, 0) is 0 Å². The van der Waals surface area contributed by atoms with Crippen molar-refractivity contribution in [3.8, 4) is 45.5 Å². The Morgan fingerprint density at radius 3 is 1.36 bits per heavy atom. The van der Waals surface area contributed by atoms with Crippen molar-refractivity contribution >= 4 is 43.6 Å². The second kappa shape index (κ2) is 11.4. The summed E-state index contributed by atoms with van der Waals surface area (Å²) in [6, 6.07) is 13.4. The minimum Gasteiger partial charge on any atom is -0.309 e. The van der Waals surface area contributed by atoms with Gasteiger partial charge in [0.05, 0.1) is 49.7 Å². The highest BCUT2D eigenvalue weighted by Gasteiger charge is 2.21. The molecule has 0 amide bonds. The summed E-state index contributed by atoms with van der Waals surface area (Å²) in [5.41, 5.74) is 1.33. The van der Waals surface area contributed by atoms with E-state index in [2.05, 4.69) is 0 Å². The SMILES string of the molecule is [2H]c1c([2H])c([2H])c2c(c1[2H])c1c([2H])c([2H])c([2H])c([2H])c1n2-c1nc(-c2ccccc2-c2ccccc2)nc(-c2ccccc2-n2c3c([2H])c([2H])c([2H])c([2H])c3c3c([2H])c([2H])c([2H])c([2H])c32)n1. The van der Waals surface area contributed by atoms with Crippen LogP contribution in [-0.4, -0.2) is 24.1 Å². The molecule has 0 saturated heterocycles. The summed E-state index contributed by atoms with van der Waals surface area (Å²) in [6.07, 6.45) is 0. The van der Waals surface area contributed by atoms with E-state index in [0.29, 0.717) is 11.1 Å². The molecule has 0 fully saturated rings. The molecule has 7 aromatic carbocycles. The molecule has 5 heteroatoms. The molecule has 0 saturated carbocycles. The standard InChI is InChI=1S/C45H29N5/c1-2-16-30(17-3-1)31-18-4-5-23-36(31)43-46-44(48-45(47-43)50-40-27-13-8-21-34(40)35-22-9-14-28-41(35)50)37-24-10-15-29-42(37)49-38-25-11-6-19-32(38)33-20-7-12-26-39(33)49/h1-29H/i6D,7D,8D,9D,11D,12D,13D,14D,19D,20D,21D,22D,25D,26D,27D,28D. The molecule has 0 N–H and O–H groups in total. The molecule has 0 unspecified atom stereocenters. The summed E-state index contributed by atoms with van der Waals surface area (Å²) < 4.78 is 144. The highest BCUT2D eigenvalue weighted by molar-refractivity contribution is 6.10. The fourth-order valence-corrected chi connectivity index (χ4v) is 6.39. The van der Waals surface area contributed by atoms with Crippen LogP contribution >= 0.6 is 0 Å². The van der Waals surface area contributed by atoms with Gasteiger partial charge in [0.2, 0.25) is 5.95 Å². The molecule has 50 heavy (non-hydrogen) atoms. The summed E-state index contributed by atoms with van der Waals surface area (Å²) in [5, 5.41) is -0.712. The lowest BCUT2D eigenvalue weighted by atomic mass is 9.99. The number of fused-ring (bicyclic) bond motifs is 6. The summed E-state index contributed by atoms with van der Waals surface area (Å²) in [7, 11) is 0. The number of para-hydroxylation sites is 5. The third-order valence-corrected chi connectivity index (χ3v) is 8.53. The van der Waals surface area contributed by atoms with Crippen LogP contribution in [0.1, 0.15) is 21.9 Å². The van der Waals surface area contributed by atoms with Gasteiger partial charge in [0.25, 0.3) is 0 Å². The van der Waals surface area contributed by atoms with Crippen molar-refractivity contribution in [1.29, 1.82) is 0 Å². The van der Waals surface area contributed by atoms with Crippen molar-refractivity contribution in [2.45, 2.75) is 0 Å². The number of hydrogen-bond donors (Lipinski definition) is 0. The number of benzene rings is 7. The molecule has 0 spiro atoms. The van der Waals surface area contributed by atoms with Gasteiger partial charge in [-0.1, -0.05) is 139 Å². The maximum atomic E-state index is 9.17. The van der Waals surface area contributed by atoms with Crippen molar-refractivity contribution in [3.05, 3.63) is 176 Å². The van der Waals surface area contributed by atoms with E-state index >= 15 is 0 Å². The van der Waals surface area contributed by atoms with Crippen LogP contribution in [0.3, 0.4) is 0 Å². The summed E-state index contributed by atoms with van der Waals surface area (Å²) in [4.78, 5) is 14.8. The van der Waals surface area contributed by atoms with Crippen molar-refractivity contribution in [1.82, 2.24) is 24.1 Å². The van der Waals surface area contributed by atoms with Crippen LogP contribution in [0.15, 0.2) is 176 Å². The van der Waals surface area contributed by atoms with Gasteiger partial charge >= 0.3 is 0 Å². The van der Waals surface area contributed by atoms with Crippen LogP contribution in [0.5, 0.6) is 0 Å². The minimum atomic E-state index is -0.651. The number of aromatic nitrogens is 5. The average Bonchev–Trinajstić information content (AvgIpc) is 3.89. The lowest BCUT2D eigenvalue weighted by Crippen LogP contribution is -2.08. The highest BCUT2D eigenvalue weighted by Crippen LogP contribution is 2.38. The smallest absolute Gasteiger partial charge is 0.238 e. The molecule has 234 valence electrons. The predicted molar refractivity (Wildman–Crippen MR) is 205 cm³/mol. The van der Waals surface area contributed by atoms with Crippen molar-refractivity contribution < 1.29 is 21.9 Å². The first kappa shape index (κ1) is 16.5. The highest BCUT2D eigenvalue weighted by atomic mass is 15.2. The first-order valence-corrected chi connectivity index (χ1v) is 15.5. The molecule has 0 atom stereocenters. The molecule has 10 aromatic rings. The normalized spacial score (nSPS) is 16.1. The van der Waals surface area contributed by atoms with Crippen LogP contribution in [0.25, 0.3) is 89.2 Å². The van der Waals surface area contributed by atoms with Crippen LogP contribution < -0.4 is 0 Å². The summed E-state index contributed by atoms with van der Waals surface area (Å²) in [6.45, 7) is 0. The van der Waals surface area contributed by atoms with Crippen LogP contribution in [0.2, 0.25) is 0 Å². The molecule has 3 aromatic heterocycles. The van der Waals surface area contributed by atoms with Gasteiger partial charge in [-0.2, -0.15) is 9.97 Å². The Bertz CT molecular complexity index is 3640. The van der Waals surface area contributed by atoms with Gasteiger partial charge in [0.1, 0.15) is 0 Å². The Labute approximate surface area is 310 Å². The summed E-state index contributed by atoms with van der Waals surface area (Å²) in [5.74, 6) is -0.456.